The summed E-state index contributed by atoms with van der Waals surface area (Å²) < 4.78 is 31.6. The molecule has 0 aromatic heterocycles. The second-order valence-electron chi connectivity index (χ2n) is 0.686. The summed E-state index contributed by atoms with van der Waals surface area (Å²) in [5.41, 5.74) is 0. The van der Waals surface area contributed by atoms with Crippen LogP contribution in [-0.2, 0) is 10.4 Å². The summed E-state index contributed by atoms with van der Waals surface area (Å²) in [6, 6.07) is 0. The van der Waals surface area contributed by atoms with E-state index in [0.717, 1.165) is 0 Å². The van der Waals surface area contributed by atoms with E-state index >= 15 is 0 Å². The van der Waals surface area contributed by atoms with Crippen molar-refractivity contribution >= 4 is 40.0 Å². The van der Waals surface area contributed by atoms with Crippen LogP contribution < -0.4 is 6.15 Å². The zero-order valence-electron chi connectivity index (χ0n) is 4.54. The van der Waals surface area contributed by atoms with Gasteiger partial charge in [0.1, 0.15) is 0 Å². The van der Waals surface area contributed by atoms with Crippen molar-refractivity contribution in [3.8, 4) is 0 Å². The molecule has 0 aliphatic heterocycles. The monoisotopic (exact) mass is 202 g/mol. The van der Waals surface area contributed by atoms with Gasteiger partial charge in [-0.25, -0.2) is 0 Å². The second-order valence-corrected chi connectivity index (χ2v) is 1.58. The molecule has 0 atom stereocenters. The van der Waals surface area contributed by atoms with Crippen LogP contribution in [0.25, 0.3) is 0 Å². The van der Waals surface area contributed by atoms with Gasteiger partial charge in [0.25, 0.3) is 5.09 Å². The molecule has 6 N–H and O–H groups in total. The van der Waals surface area contributed by atoms with Crippen LogP contribution in [0.4, 0.5) is 0 Å². The van der Waals surface area contributed by atoms with Crippen LogP contribution in [0.3, 0.4) is 0 Å². The van der Waals surface area contributed by atoms with Gasteiger partial charge in [-0.2, -0.15) is 8.42 Å². The van der Waals surface area contributed by atoms with Gasteiger partial charge in [-0.05, 0) is 0 Å². The molecule has 0 aliphatic carbocycles. The minimum atomic E-state index is -4.67. The number of nitrogens with zero attached hydrogens (tertiary/aromatic N) is 1. The summed E-state index contributed by atoms with van der Waals surface area (Å²) in [7, 11) is -4.67. The molecule has 0 saturated heterocycles. The number of hydrogen-bond donors (Lipinski definition) is 4. The van der Waals surface area contributed by atoms with Gasteiger partial charge >= 0.3 is 40.0 Å². The quantitative estimate of drug-likeness (QED) is 0.159. The van der Waals surface area contributed by atoms with Crippen molar-refractivity contribution in [2.45, 2.75) is 0 Å². The molecule has 9 nitrogen and oxygen atoms in total. The van der Waals surface area contributed by atoms with E-state index in [9.17, 15) is 0 Å². The molecule has 0 aliphatic rings. The zero-order valence-corrected chi connectivity index (χ0v) is 5.35. The molecule has 0 aromatic rings. The molecule has 11 heavy (non-hydrogen) atoms. The Labute approximate surface area is 84.0 Å². The van der Waals surface area contributed by atoms with Gasteiger partial charge in [0.2, 0.25) is 0 Å². The van der Waals surface area contributed by atoms with Gasteiger partial charge in [0.15, 0.2) is 0 Å². The van der Waals surface area contributed by atoms with Crippen LogP contribution in [0.1, 0.15) is 0 Å². The van der Waals surface area contributed by atoms with E-state index in [-0.39, 0.29) is 35.7 Å². The molecule has 0 amide bonds. The molecule has 0 fully saturated rings. The predicted octanol–water partition coefficient (Wildman–Crippen LogP) is -1.49. The van der Waals surface area contributed by atoms with Gasteiger partial charge < -0.3 is 11.4 Å². The Morgan fingerprint density at radius 3 is 1.27 bits per heavy atom. The van der Waals surface area contributed by atoms with E-state index in [4.69, 9.17) is 32.8 Å². The van der Waals surface area contributed by atoms with Gasteiger partial charge in [-0.3, -0.25) is 9.11 Å². The van der Waals surface area contributed by atoms with Crippen molar-refractivity contribution in [1.29, 1.82) is 0 Å². The predicted molar refractivity (Wildman–Crippen MR) is 35.1 cm³/mol. The standard InChI is InChI=1S/HNO3.H3N.Na.H2O4S.H/c2-1(3)4;;;1-5(2,3)4;/h(H,2,3,4);1H3;;(H2,1,2,3,4);. The normalized spacial score (nSPS) is 7.45. The Bertz CT molecular complexity index is 159. The fourth-order valence-corrected chi connectivity index (χ4v) is 0. The first kappa shape index (κ1) is 22.5. The van der Waals surface area contributed by atoms with Crippen molar-refractivity contribution in [3.05, 3.63) is 10.1 Å². The Morgan fingerprint density at radius 1 is 1.27 bits per heavy atom. The number of hydrogen-bond acceptors (Lipinski definition) is 5. The SMILES string of the molecule is N.O=S(=O)(O)O.O=[N+]([O-])O.[NaH]. The van der Waals surface area contributed by atoms with Crippen molar-refractivity contribution in [1.82, 2.24) is 6.15 Å². The number of rotatable bonds is 0. The van der Waals surface area contributed by atoms with Gasteiger partial charge in [0.05, 0.1) is 0 Å². The van der Waals surface area contributed by atoms with Crippen LogP contribution in [0.2, 0.25) is 0 Å². The molecule has 66 valence electrons. The Kier molecular flexibility index (Phi) is 20.5. The first-order valence-corrected chi connectivity index (χ1v) is 2.66. The molecule has 11 heteroatoms. The molecular formula is H7N2NaO7S. The third-order valence-corrected chi connectivity index (χ3v) is 0. The van der Waals surface area contributed by atoms with Crippen LogP contribution in [-0.4, -0.2) is 57.4 Å². The van der Waals surface area contributed by atoms with E-state index in [1.807, 2.05) is 0 Å². The maximum absolute atomic E-state index is 8.74. The van der Waals surface area contributed by atoms with E-state index < -0.39 is 15.5 Å². The van der Waals surface area contributed by atoms with E-state index in [2.05, 4.69) is 0 Å². The summed E-state index contributed by atoms with van der Waals surface area (Å²) in [4.78, 5) is 8.36. The third kappa shape index (κ3) is 719000. The average molecular weight is 202 g/mol. The molecular weight excluding hydrogens is 195 g/mol. The summed E-state index contributed by atoms with van der Waals surface area (Å²) in [5.74, 6) is 0. The van der Waals surface area contributed by atoms with Gasteiger partial charge in [0, 0.05) is 0 Å². The van der Waals surface area contributed by atoms with Crippen molar-refractivity contribution < 1.29 is 27.8 Å². The van der Waals surface area contributed by atoms with E-state index in [1.165, 1.54) is 0 Å². The fourth-order valence-electron chi connectivity index (χ4n) is 0. The molecule has 0 bridgehead atoms. The molecule has 0 aromatic carbocycles. The third-order valence-electron chi connectivity index (χ3n) is 0. The minimum absolute atomic E-state index is 0. The first-order chi connectivity index (χ1) is 3.73. The summed E-state index contributed by atoms with van der Waals surface area (Å²) in [6.45, 7) is 0. The molecule has 0 unspecified atom stereocenters. The van der Waals surface area contributed by atoms with Crippen LogP contribution in [0.5, 0.6) is 0 Å². The fraction of sp³-hybridized carbons (Fsp3) is 0. The van der Waals surface area contributed by atoms with Gasteiger partial charge in [-0.1, -0.05) is 0 Å². The van der Waals surface area contributed by atoms with Crippen LogP contribution in [0.15, 0.2) is 0 Å². The Morgan fingerprint density at radius 2 is 1.27 bits per heavy atom. The summed E-state index contributed by atoms with van der Waals surface area (Å²) >= 11 is 0. The first-order valence-electron chi connectivity index (χ1n) is 1.26. The van der Waals surface area contributed by atoms with Crippen LogP contribution in [0, 0.1) is 10.1 Å². The summed E-state index contributed by atoms with van der Waals surface area (Å²) in [6.07, 6.45) is 0. The molecule has 0 spiro atoms. The topological polar surface area (TPSA) is 173 Å². The maximum atomic E-state index is 8.74. The second kappa shape index (κ2) is 10.0. The van der Waals surface area contributed by atoms with Crippen molar-refractivity contribution in [2.24, 2.45) is 0 Å². The van der Waals surface area contributed by atoms with E-state index in [0.29, 0.717) is 0 Å². The Balaban J connectivity index is -0.0000000383. The summed E-state index contributed by atoms with van der Waals surface area (Å²) in [5, 5.41) is 13.6. The van der Waals surface area contributed by atoms with Gasteiger partial charge in [-0.15, -0.1) is 10.1 Å². The zero-order chi connectivity index (χ0) is 8.08. The average Bonchev–Trinajstić information content (AvgIpc) is 1.19. The molecule has 0 rings (SSSR count). The molecule has 0 saturated carbocycles. The Hall–Kier alpha value is 0.0300. The van der Waals surface area contributed by atoms with Crippen LogP contribution >= 0.6 is 0 Å². The van der Waals surface area contributed by atoms with E-state index in [1.54, 1.807) is 0 Å². The van der Waals surface area contributed by atoms with Crippen molar-refractivity contribution in [3.63, 3.8) is 0 Å². The van der Waals surface area contributed by atoms with Crippen molar-refractivity contribution in [2.75, 3.05) is 0 Å². The molecule has 0 heterocycles. The molecule has 0 radical (unpaired) electrons.